The van der Waals surface area contributed by atoms with Crippen molar-refractivity contribution in [1.29, 1.82) is 5.41 Å². The topological polar surface area (TPSA) is 62.2 Å². The number of anilines is 1. The number of hydrogen-bond acceptors (Lipinski definition) is 3. The van der Waals surface area contributed by atoms with E-state index in [1.54, 1.807) is 13.0 Å². The van der Waals surface area contributed by atoms with Gasteiger partial charge in [0.05, 0.1) is 5.69 Å². The zero-order valence-corrected chi connectivity index (χ0v) is 11.5. The van der Waals surface area contributed by atoms with Crippen molar-refractivity contribution < 1.29 is 9.53 Å². The molecule has 1 amide bonds. The Labute approximate surface area is 108 Å². The van der Waals surface area contributed by atoms with Crippen molar-refractivity contribution in [1.82, 2.24) is 0 Å². The fourth-order valence-corrected chi connectivity index (χ4v) is 1.49. The van der Waals surface area contributed by atoms with E-state index in [9.17, 15) is 4.79 Å². The molecule has 0 aliphatic carbocycles. The smallest absolute Gasteiger partial charge is 0.412 e. The first-order chi connectivity index (χ1) is 8.19. The van der Waals surface area contributed by atoms with Gasteiger partial charge in [-0.2, -0.15) is 0 Å². The Morgan fingerprint density at radius 2 is 1.94 bits per heavy atom. The second-order valence-electron chi connectivity index (χ2n) is 5.30. The average Bonchev–Trinajstić information content (AvgIpc) is 2.17. The maximum absolute atomic E-state index is 11.7. The van der Waals surface area contributed by atoms with Crippen molar-refractivity contribution in [2.75, 3.05) is 5.32 Å². The van der Waals surface area contributed by atoms with Gasteiger partial charge in [-0.15, -0.1) is 0 Å². The molecule has 4 heteroatoms. The van der Waals surface area contributed by atoms with Gasteiger partial charge in [-0.3, -0.25) is 5.32 Å². The molecule has 0 unspecified atom stereocenters. The fourth-order valence-electron chi connectivity index (χ4n) is 1.49. The number of carbonyl (C=O) groups is 1. The molecule has 1 aromatic rings. The van der Waals surface area contributed by atoms with E-state index in [0.29, 0.717) is 17.0 Å². The van der Waals surface area contributed by atoms with Crippen LogP contribution in [0.25, 0.3) is 0 Å². The molecule has 0 fully saturated rings. The van der Waals surface area contributed by atoms with Crippen LogP contribution in [0.5, 0.6) is 0 Å². The number of carbonyl (C=O) groups excluding carboxylic acids is 1. The van der Waals surface area contributed by atoms with Gasteiger partial charge >= 0.3 is 6.09 Å². The monoisotopic (exact) mass is 248 g/mol. The summed E-state index contributed by atoms with van der Waals surface area (Å²) in [6.45, 7) is 9.07. The molecule has 0 bridgehead atoms. The molecule has 0 atom stereocenters. The van der Waals surface area contributed by atoms with E-state index in [0.717, 1.165) is 5.56 Å². The second-order valence-corrected chi connectivity index (χ2v) is 5.30. The van der Waals surface area contributed by atoms with E-state index in [4.69, 9.17) is 10.1 Å². The van der Waals surface area contributed by atoms with Gasteiger partial charge in [-0.25, -0.2) is 4.79 Å². The van der Waals surface area contributed by atoms with Crippen molar-refractivity contribution in [2.45, 2.75) is 40.2 Å². The van der Waals surface area contributed by atoms with E-state index in [-0.39, 0.29) is 0 Å². The second kappa shape index (κ2) is 5.21. The number of hydrogen-bond donors (Lipinski definition) is 2. The molecule has 0 saturated carbocycles. The van der Waals surface area contributed by atoms with E-state index in [2.05, 4.69) is 5.32 Å². The van der Waals surface area contributed by atoms with Crippen LogP contribution in [0.1, 0.15) is 38.8 Å². The van der Waals surface area contributed by atoms with Crippen LogP contribution in [-0.2, 0) is 4.74 Å². The SMILES string of the molecule is CC(=N)c1cc(C)ccc1NC(=O)OC(C)(C)C. The molecule has 18 heavy (non-hydrogen) atoms. The summed E-state index contributed by atoms with van der Waals surface area (Å²) < 4.78 is 5.19. The highest BCUT2D eigenvalue weighted by Crippen LogP contribution is 2.19. The molecule has 98 valence electrons. The summed E-state index contributed by atoms with van der Waals surface area (Å²) in [6.07, 6.45) is -0.506. The molecule has 0 saturated heterocycles. The first-order valence-corrected chi connectivity index (χ1v) is 5.85. The summed E-state index contributed by atoms with van der Waals surface area (Å²) in [5.41, 5.74) is 2.23. The average molecular weight is 248 g/mol. The van der Waals surface area contributed by atoms with Crippen LogP contribution in [0.2, 0.25) is 0 Å². The Morgan fingerprint density at radius 1 is 1.33 bits per heavy atom. The molecule has 2 N–H and O–H groups in total. The van der Waals surface area contributed by atoms with Crippen molar-refractivity contribution in [3.05, 3.63) is 29.3 Å². The number of benzene rings is 1. The van der Waals surface area contributed by atoms with Gasteiger partial charge in [0.25, 0.3) is 0 Å². The van der Waals surface area contributed by atoms with Gasteiger partial charge in [0, 0.05) is 11.3 Å². The largest absolute Gasteiger partial charge is 0.444 e. The number of aryl methyl sites for hydroxylation is 1. The number of ether oxygens (including phenoxy) is 1. The molecule has 0 aliphatic rings. The normalized spacial score (nSPS) is 10.9. The lowest BCUT2D eigenvalue weighted by Gasteiger charge is -2.20. The van der Waals surface area contributed by atoms with Crippen LogP contribution < -0.4 is 5.32 Å². The molecular weight excluding hydrogens is 228 g/mol. The van der Waals surface area contributed by atoms with Gasteiger partial charge in [0.15, 0.2) is 0 Å². The summed E-state index contributed by atoms with van der Waals surface area (Å²) in [5.74, 6) is 0. The number of amides is 1. The Bertz CT molecular complexity index is 473. The highest BCUT2D eigenvalue weighted by Gasteiger charge is 2.17. The molecule has 0 aliphatic heterocycles. The lowest BCUT2D eigenvalue weighted by Crippen LogP contribution is -2.27. The Hall–Kier alpha value is -1.84. The van der Waals surface area contributed by atoms with Crippen molar-refractivity contribution in [3.8, 4) is 0 Å². The molecule has 0 heterocycles. The lowest BCUT2D eigenvalue weighted by atomic mass is 10.1. The third-order valence-corrected chi connectivity index (χ3v) is 2.21. The van der Waals surface area contributed by atoms with Gasteiger partial charge in [-0.1, -0.05) is 11.6 Å². The molecule has 1 rings (SSSR count). The number of nitrogens with one attached hydrogen (secondary N) is 2. The summed E-state index contributed by atoms with van der Waals surface area (Å²) in [5, 5.41) is 10.4. The molecule has 0 radical (unpaired) electrons. The minimum Gasteiger partial charge on any atom is -0.444 e. The molecule has 1 aromatic carbocycles. The summed E-state index contributed by atoms with van der Waals surface area (Å²) in [4.78, 5) is 11.7. The zero-order chi connectivity index (χ0) is 13.9. The highest BCUT2D eigenvalue weighted by molar-refractivity contribution is 6.04. The van der Waals surface area contributed by atoms with E-state index in [1.807, 2.05) is 39.8 Å². The summed E-state index contributed by atoms with van der Waals surface area (Å²) in [7, 11) is 0. The predicted molar refractivity (Wildman–Crippen MR) is 73.5 cm³/mol. The summed E-state index contributed by atoms with van der Waals surface area (Å²) >= 11 is 0. The van der Waals surface area contributed by atoms with E-state index >= 15 is 0 Å². The molecule has 0 aromatic heterocycles. The summed E-state index contributed by atoms with van der Waals surface area (Å²) in [6, 6.07) is 5.54. The van der Waals surface area contributed by atoms with E-state index < -0.39 is 11.7 Å². The van der Waals surface area contributed by atoms with Crippen LogP contribution in [0.3, 0.4) is 0 Å². The Morgan fingerprint density at radius 3 is 2.44 bits per heavy atom. The molecular formula is C14H20N2O2. The van der Waals surface area contributed by atoms with Crippen LogP contribution in [0.15, 0.2) is 18.2 Å². The van der Waals surface area contributed by atoms with Crippen LogP contribution in [0, 0.1) is 12.3 Å². The van der Waals surface area contributed by atoms with Gasteiger partial charge in [-0.05, 0) is 46.8 Å². The molecule has 0 spiro atoms. The third-order valence-electron chi connectivity index (χ3n) is 2.21. The standard InChI is InChI=1S/C14H20N2O2/c1-9-6-7-12(11(8-9)10(2)15)16-13(17)18-14(3,4)5/h6-8,15H,1-5H3,(H,16,17). The van der Waals surface area contributed by atoms with Crippen molar-refractivity contribution >= 4 is 17.5 Å². The van der Waals surface area contributed by atoms with Gasteiger partial charge in [0.1, 0.15) is 5.60 Å². The first-order valence-electron chi connectivity index (χ1n) is 5.85. The maximum atomic E-state index is 11.7. The van der Waals surface area contributed by atoms with E-state index in [1.165, 1.54) is 0 Å². The Kier molecular flexibility index (Phi) is 4.11. The fraction of sp³-hybridized carbons (Fsp3) is 0.429. The van der Waals surface area contributed by atoms with Crippen LogP contribution in [-0.4, -0.2) is 17.4 Å². The van der Waals surface area contributed by atoms with Crippen LogP contribution >= 0.6 is 0 Å². The first kappa shape index (κ1) is 14.2. The Balaban J connectivity index is 2.91. The van der Waals surface area contributed by atoms with Crippen molar-refractivity contribution in [2.24, 2.45) is 0 Å². The predicted octanol–water partition coefficient (Wildman–Crippen LogP) is 3.73. The van der Waals surface area contributed by atoms with Crippen molar-refractivity contribution in [3.63, 3.8) is 0 Å². The lowest BCUT2D eigenvalue weighted by molar-refractivity contribution is 0.0636. The minimum atomic E-state index is -0.533. The zero-order valence-electron chi connectivity index (χ0n) is 11.5. The third kappa shape index (κ3) is 4.20. The quantitative estimate of drug-likeness (QED) is 0.783. The van der Waals surface area contributed by atoms with Crippen LogP contribution in [0.4, 0.5) is 10.5 Å². The number of rotatable bonds is 2. The minimum absolute atomic E-state index is 0.407. The molecule has 4 nitrogen and oxygen atoms in total. The highest BCUT2D eigenvalue weighted by atomic mass is 16.6. The van der Waals surface area contributed by atoms with Gasteiger partial charge < -0.3 is 10.1 Å². The van der Waals surface area contributed by atoms with Gasteiger partial charge in [0.2, 0.25) is 0 Å². The maximum Gasteiger partial charge on any atom is 0.412 e.